The number of nitrogens with zero attached hydrogens (tertiary/aromatic N) is 4. The third-order valence-electron chi connectivity index (χ3n) is 6.25. The quantitative estimate of drug-likeness (QED) is 0.205. The van der Waals surface area contributed by atoms with Crippen molar-refractivity contribution in [3.05, 3.63) is 59.8 Å². The van der Waals surface area contributed by atoms with Crippen LogP contribution in [-0.2, 0) is 19.6 Å². The van der Waals surface area contributed by atoms with Gasteiger partial charge in [-0.1, -0.05) is 29.8 Å². The van der Waals surface area contributed by atoms with Gasteiger partial charge < -0.3 is 30.1 Å². The van der Waals surface area contributed by atoms with Crippen LogP contribution in [0.2, 0.25) is 5.02 Å². The van der Waals surface area contributed by atoms with Gasteiger partial charge in [0.15, 0.2) is 5.82 Å². The Morgan fingerprint density at radius 3 is 2.22 bits per heavy atom. The minimum absolute atomic E-state index is 0.263. The van der Waals surface area contributed by atoms with Gasteiger partial charge in [0.1, 0.15) is 23.0 Å². The Hall–Kier alpha value is -4.55. The summed E-state index contributed by atoms with van der Waals surface area (Å²) in [7, 11) is -3.48. The molecule has 0 saturated carbocycles. The number of aromatic nitrogens is 2. The first kappa shape index (κ1) is 38.9. The number of benzene rings is 2. The highest BCUT2D eigenvalue weighted by Gasteiger charge is 2.38. The molecule has 1 aliphatic heterocycles. The molecular weight excluding hydrogens is 695 g/mol. The van der Waals surface area contributed by atoms with Crippen molar-refractivity contribution in [3.8, 4) is 5.75 Å². The van der Waals surface area contributed by atoms with E-state index in [0.29, 0.717) is 48.3 Å². The molecule has 3 aromatic rings. The van der Waals surface area contributed by atoms with Gasteiger partial charge in [-0.2, -0.15) is 18.2 Å². The maximum Gasteiger partial charge on any atom is 0.490 e. The molecule has 0 unspecified atom stereocenters. The predicted octanol–water partition coefficient (Wildman–Crippen LogP) is 5.55. The number of halogens is 4. The van der Waals surface area contributed by atoms with Crippen molar-refractivity contribution < 1.29 is 45.8 Å². The summed E-state index contributed by atoms with van der Waals surface area (Å²) in [4.78, 5) is 33.9. The van der Waals surface area contributed by atoms with E-state index in [0.717, 1.165) is 25.9 Å². The lowest BCUT2D eigenvalue weighted by Gasteiger charge is -2.35. The normalized spacial score (nSPS) is 13.8. The van der Waals surface area contributed by atoms with E-state index >= 15 is 0 Å². The Labute approximate surface area is 286 Å². The molecule has 0 atom stereocenters. The van der Waals surface area contributed by atoms with Crippen molar-refractivity contribution in [3.63, 3.8) is 0 Å². The monoisotopic (exact) mass is 731 g/mol. The maximum atomic E-state index is 12.3. The molecule has 1 fully saturated rings. The van der Waals surface area contributed by atoms with Crippen LogP contribution in [0.3, 0.4) is 0 Å². The largest absolute Gasteiger partial charge is 0.492 e. The van der Waals surface area contributed by atoms with Crippen LogP contribution in [0.5, 0.6) is 5.75 Å². The highest BCUT2D eigenvalue weighted by molar-refractivity contribution is 7.92. The van der Waals surface area contributed by atoms with Gasteiger partial charge in [0.05, 0.1) is 23.8 Å². The number of amides is 1. The van der Waals surface area contributed by atoms with E-state index in [2.05, 4.69) is 30.2 Å². The van der Waals surface area contributed by atoms with Crippen LogP contribution >= 0.6 is 11.6 Å². The first-order valence-electron chi connectivity index (χ1n) is 14.7. The number of ether oxygens (including phenoxy) is 2. The molecule has 2 aromatic carbocycles. The fourth-order valence-corrected chi connectivity index (χ4v) is 4.81. The highest BCUT2D eigenvalue weighted by atomic mass is 35.5. The maximum absolute atomic E-state index is 12.3. The van der Waals surface area contributed by atoms with Crippen LogP contribution in [0, 0.1) is 0 Å². The summed E-state index contributed by atoms with van der Waals surface area (Å²) in [5, 5.41) is 13.6. The van der Waals surface area contributed by atoms with Gasteiger partial charge in [0.25, 0.3) is 0 Å². The Kier molecular flexibility index (Phi) is 13.3. The first-order chi connectivity index (χ1) is 22.8. The van der Waals surface area contributed by atoms with E-state index < -0.39 is 27.8 Å². The Morgan fingerprint density at radius 1 is 1.00 bits per heavy atom. The average Bonchev–Trinajstić information content (AvgIpc) is 2.99. The number of rotatable bonds is 10. The molecule has 1 aliphatic rings. The zero-order valence-corrected chi connectivity index (χ0v) is 28.6. The second-order valence-corrected chi connectivity index (χ2v) is 13.7. The predicted molar refractivity (Wildman–Crippen MR) is 178 cm³/mol. The number of hydrogen-bond donors (Lipinski definition) is 4. The lowest BCUT2D eigenvalue weighted by molar-refractivity contribution is -0.192. The van der Waals surface area contributed by atoms with E-state index in [1.165, 1.54) is 6.20 Å². The van der Waals surface area contributed by atoms with Crippen molar-refractivity contribution in [1.29, 1.82) is 0 Å². The summed E-state index contributed by atoms with van der Waals surface area (Å²) < 4.78 is 69.1. The first-order valence-corrected chi connectivity index (χ1v) is 16.9. The molecule has 0 aliphatic carbocycles. The second-order valence-electron chi connectivity index (χ2n) is 11.5. The van der Waals surface area contributed by atoms with Gasteiger partial charge in [-0.3, -0.25) is 9.62 Å². The third-order valence-corrected chi connectivity index (χ3v) is 7.12. The molecular formula is C30H37ClF3N7O7S. The Balaban J connectivity index is 0.000000838. The average molecular weight is 732 g/mol. The summed E-state index contributed by atoms with van der Waals surface area (Å²) in [6, 6.07) is 14.3. The molecule has 19 heteroatoms. The van der Waals surface area contributed by atoms with E-state index in [1.807, 2.05) is 45.0 Å². The number of anilines is 5. The summed E-state index contributed by atoms with van der Waals surface area (Å²) in [5.74, 6) is -1.49. The molecule has 0 spiro atoms. The van der Waals surface area contributed by atoms with Crippen LogP contribution in [0.15, 0.2) is 54.7 Å². The summed E-state index contributed by atoms with van der Waals surface area (Å²) in [5.41, 5.74) is 1.05. The standard InChI is InChI=1S/C28H36ClN7O5S.C2HF3O2/c1-28(2,3)41-27(37)36-14-12-35(13-15-36)16-17-40-21-9-7-8-20(18-21)31-26-30-19-22(29)25(33-26)32-23-10-5-6-11-24(23)34-42(4,38)39;3-2(4,5)1(6)7/h5-11,18-19,34H,12-17H2,1-4H3,(H2,30,31,32,33);(H,6,7). The zero-order chi connectivity index (χ0) is 36.4. The SMILES string of the molecule is CC(C)(C)OC(=O)N1CCN(CCOc2cccc(Nc3ncc(Cl)c(Nc4ccccc4NS(C)(=O)=O)n3)c2)CC1.O=C(O)C(F)(F)F. The number of carboxylic acid groups (broad SMARTS) is 1. The topological polar surface area (TPSA) is 175 Å². The van der Waals surface area contributed by atoms with Crippen LogP contribution in [0.25, 0.3) is 0 Å². The molecule has 2 heterocycles. The minimum Gasteiger partial charge on any atom is -0.492 e. The molecule has 1 amide bonds. The number of carbonyl (C=O) groups excluding carboxylic acids is 1. The second kappa shape index (κ2) is 16.7. The third kappa shape index (κ3) is 13.8. The molecule has 4 N–H and O–H groups in total. The van der Waals surface area contributed by atoms with E-state index in [1.54, 1.807) is 29.2 Å². The highest BCUT2D eigenvalue weighted by Crippen LogP contribution is 2.30. The number of nitrogens with one attached hydrogen (secondary N) is 3. The lowest BCUT2D eigenvalue weighted by atomic mass is 10.2. The minimum atomic E-state index is -5.08. The molecule has 1 saturated heterocycles. The van der Waals surface area contributed by atoms with Crippen molar-refractivity contribution >= 4 is 62.5 Å². The summed E-state index contributed by atoms with van der Waals surface area (Å²) in [6.07, 6.45) is -2.82. The summed E-state index contributed by atoms with van der Waals surface area (Å²) >= 11 is 6.33. The molecule has 49 heavy (non-hydrogen) atoms. The van der Waals surface area contributed by atoms with Crippen LogP contribution in [0.4, 0.5) is 46.8 Å². The smallest absolute Gasteiger partial charge is 0.490 e. The van der Waals surface area contributed by atoms with Crippen molar-refractivity contribution in [2.24, 2.45) is 0 Å². The van der Waals surface area contributed by atoms with E-state index in [9.17, 15) is 26.4 Å². The number of piperazine rings is 1. The lowest BCUT2D eigenvalue weighted by Crippen LogP contribution is -2.50. The van der Waals surface area contributed by atoms with Crippen molar-refractivity contribution in [1.82, 2.24) is 19.8 Å². The summed E-state index contributed by atoms with van der Waals surface area (Å²) in [6.45, 7) is 9.55. The number of para-hydroxylation sites is 2. The number of carbonyl (C=O) groups is 2. The van der Waals surface area contributed by atoms with Gasteiger partial charge in [-0.15, -0.1) is 0 Å². The number of hydrogen-bond acceptors (Lipinski definition) is 11. The molecule has 0 bridgehead atoms. The fourth-order valence-electron chi connectivity index (χ4n) is 4.09. The van der Waals surface area contributed by atoms with Crippen LogP contribution in [-0.4, -0.2) is 103 Å². The molecule has 14 nitrogen and oxygen atoms in total. The Morgan fingerprint density at radius 2 is 1.63 bits per heavy atom. The van der Waals surface area contributed by atoms with E-state index in [4.69, 9.17) is 31.0 Å². The van der Waals surface area contributed by atoms with E-state index in [-0.39, 0.29) is 17.1 Å². The van der Waals surface area contributed by atoms with Gasteiger partial charge in [-0.05, 0) is 45.0 Å². The van der Waals surface area contributed by atoms with Crippen molar-refractivity contribution in [2.45, 2.75) is 32.5 Å². The number of sulfonamides is 1. The zero-order valence-electron chi connectivity index (χ0n) is 27.0. The van der Waals surface area contributed by atoms with Gasteiger partial charge in [-0.25, -0.2) is 23.0 Å². The molecule has 1 aromatic heterocycles. The van der Waals surface area contributed by atoms with Gasteiger partial charge in [0.2, 0.25) is 16.0 Å². The van der Waals surface area contributed by atoms with Crippen LogP contribution in [0.1, 0.15) is 20.8 Å². The fraction of sp³-hybridized carbons (Fsp3) is 0.400. The molecule has 4 rings (SSSR count). The molecule has 0 radical (unpaired) electrons. The molecule has 268 valence electrons. The number of alkyl halides is 3. The van der Waals surface area contributed by atoms with Gasteiger partial charge in [0, 0.05) is 44.5 Å². The number of carboxylic acids is 1. The van der Waals surface area contributed by atoms with Crippen molar-refractivity contribution in [2.75, 3.05) is 60.9 Å². The number of aliphatic carboxylic acids is 1. The van der Waals surface area contributed by atoms with Crippen LogP contribution < -0.4 is 20.1 Å². The Bertz CT molecular complexity index is 1700. The van der Waals surface area contributed by atoms with Gasteiger partial charge >= 0.3 is 18.2 Å².